The molecular formula is C17H15Cl3N2S2. The molecule has 0 radical (unpaired) electrons. The van der Waals surface area contributed by atoms with Gasteiger partial charge in [-0.3, -0.25) is 0 Å². The molecule has 0 fully saturated rings. The number of benzene rings is 1. The number of thioether (sulfide) groups is 1. The van der Waals surface area contributed by atoms with Gasteiger partial charge in [-0.05, 0) is 43.2 Å². The quantitative estimate of drug-likeness (QED) is 0.398. The van der Waals surface area contributed by atoms with E-state index in [0.29, 0.717) is 10.3 Å². The van der Waals surface area contributed by atoms with E-state index < -0.39 is 0 Å². The van der Waals surface area contributed by atoms with Gasteiger partial charge in [0.05, 0.1) is 15.7 Å². The van der Waals surface area contributed by atoms with E-state index in [1.165, 1.54) is 4.88 Å². The predicted molar refractivity (Wildman–Crippen MR) is 106 cm³/mol. The van der Waals surface area contributed by atoms with Crippen LogP contribution in [0.15, 0.2) is 53.9 Å². The first-order chi connectivity index (χ1) is 11.6. The molecule has 2 aromatic heterocycles. The summed E-state index contributed by atoms with van der Waals surface area (Å²) in [4.78, 5) is 6.44. The SMILES string of the molecule is Clc1ccc(Cl)c(SC(CCc2ccc(Cl)s2)Cn2ccnc2)c1. The van der Waals surface area contributed by atoms with Crippen LogP contribution in [0.3, 0.4) is 0 Å². The fraction of sp³-hybridized carbons (Fsp3) is 0.235. The van der Waals surface area contributed by atoms with Gasteiger partial charge in [0.2, 0.25) is 0 Å². The summed E-state index contributed by atoms with van der Waals surface area (Å²) in [5.41, 5.74) is 0. The Hall–Kier alpha value is -0.650. The zero-order valence-corrected chi connectivity index (χ0v) is 16.6. The van der Waals surface area contributed by atoms with Crippen molar-refractivity contribution in [1.29, 1.82) is 0 Å². The summed E-state index contributed by atoms with van der Waals surface area (Å²) in [6.45, 7) is 0.868. The summed E-state index contributed by atoms with van der Waals surface area (Å²) in [5, 5.41) is 1.79. The van der Waals surface area contributed by atoms with Gasteiger partial charge in [-0.2, -0.15) is 0 Å². The van der Waals surface area contributed by atoms with Crippen molar-refractivity contribution in [3.8, 4) is 0 Å². The topological polar surface area (TPSA) is 17.8 Å². The van der Waals surface area contributed by atoms with Gasteiger partial charge in [0.25, 0.3) is 0 Å². The number of rotatable bonds is 7. The van der Waals surface area contributed by atoms with Crippen LogP contribution in [-0.2, 0) is 13.0 Å². The average molecular weight is 418 g/mol. The number of halogens is 3. The second kappa shape index (κ2) is 8.63. The first-order valence-corrected chi connectivity index (χ1v) is 10.2. The molecule has 2 nitrogen and oxygen atoms in total. The van der Waals surface area contributed by atoms with Crippen LogP contribution in [0.4, 0.5) is 0 Å². The molecule has 7 heteroatoms. The first-order valence-electron chi connectivity index (χ1n) is 7.42. The zero-order chi connectivity index (χ0) is 16.9. The molecule has 0 aliphatic rings. The number of aromatic nitrogens is 2. The molecule has 0 N–H and O–H groups in total. The molecule has 0 aliphatic heterocycles. The Morgan fingerprint density at radius 2 is 2.04 bits per heavy atom. The fourth-order valence-electron chi connectivity index (χ4n) is 2.35. The molecule has 0 spiro atoms. The summed E-state index contributed by atoms with van der Waals surface area (Å²) < 4.78 is 2.93. The van der Waals surface area contributed by atoms with Crippen molar-refractivity contribution in [2.75, 3.05) is 0 Å². The maximum atomic E-state index is 6.33. The Labute approximate surface area is 164 Å². The molecule has 126 valence electrons. The largest absolute Gasteiger partial charge is 0.336 e. The van der Waals surface area contributed by atoms with Gasteiger partial charge in [-0.1, -0.05) is 34.8 Å². The van der Waals surface area contributed by atoms with E-state index in [4.69, 9.17) is 34.8 Å². The van der Waals surface area contributed by atoms with E-state index in [1.807, 2.05) is 36.8 Å². The third-order valence-corrected chi connectivity index (χ3v) is 6.78. The lowest BCUT2D eigenvalue weighted by Gasteiger charge is -2.18. The zero-order valence-electron chi connectivity index (χ0n) is 12.7. The number of hydrogen-bond acceptors (Lipinski definition) is 3. The van der Waals surface area contributed by atoms with Gasteiger partial charge < -0.3 is 4.57 Å². The summed E-state index contributed by atoms with van der Waals surface area (Å²) in [6, 6.07) is 9.63. The molecule has 2 heterocycles. The average Bonchev–Trinajstić information content (AvgIpc) is 3.20. The number of thiophene rings is 1. The predicted octanol–water partition coefficient (Wildman–Crippen LogP) is 6.70. The summed E-state index contributed by atoms with van der Waals surface area (Å²) in [7, 11) is 0. The smallest absolute Gasteiger partial charge is 0.0946 e. The number of aryl methyl sites for hydroxylation is 1. The fourth-order valence-corrected chi connectivity index (χ4v) is 5.16. The molecule has 1 aromatic carbocycles. The normalized spacial score (nSPS) is 12.5. The summed E-state index contributed by atoms with van der Waals surface area (Å²) in [6.07, 6.45) is 7.63. The van der Waals surface area contributed by atoms with Gasteiger partial charge in [-0.25, -0.2) is 4.98 Å². The van der Waals surface area contributed by atoms with Crippen molar-refractivity contribution < 1.29 is 0 Å². The highest BCUT2D eigenvalue weighted by Gasteiger charge is 2.15. The molecule has 0 aliphatic carbocycles. The lowest BCUT2D eigenvalue weighted by Crippen LogP contribution is -2.13. The Balaban J connectivity index is 1.72. The second-order valence-electron chi connectivity index (χ2n) is 5.32. The second-order valence-corrected chi connectivity index (χ2v) is 9.30. The lowest BCUT2D eigenvalue weighted by atomic mass is 10.2. The molecule has 24 heavy (non-hydrogen) atoms. The Bertz CT molecular complexity index is 787. The highest BCUT2D eigenvalue weighted by atomic mass is 35.5. The van der Waals surface area contributed by atoms with Crippen molar-refractivity contribution in [3.05, 3.63) is 68.3 Å². The van der Waals surface area contributed by atoms with Crippen LogP contribution in [0, 0.1) is 0 Å². The van der Waals surface area contributed by atoms with Crippen LogP contribution < -0.4 is 0 Å². The number of imidazole rings is 1. The van der Waals surface area contributed by atoms with Crippen LogP contribution in [0.2, 0.25) is 14.4 Å². The lowest BCUT2D eigenvalue weighted by molar-refractivity contribution is 0.626. The molecule has 0 amide bonds. The van der Waals surface area contributed by atoms with Crippen molar-refractivity contribution in [2.24, 2.45) is 0 Å². The van der Waals surface area contributed by atoms with E-state index in [1.54, 1.807) is 29.3 Å². The minimum atomic E-state index is 0.357. The molecule has 3 aromatic rings. The van der Waals surface area contributed by atoms with Crippen LogP contribution in [0.25, 0.3) is 0 Å². The minimum Gasteiger partial charge on any atom is -0.336 e. The van der Waals surface area contributed by atoms with Crippen LogP contribution in [0.5, 0.6) is 0 Å². The number of hydrogen-bond donors (Lipinski definition) is 0. The molecule has 0 bridgehead atoms. The molecule has 1 unspecified atom stereocenters. The van der Waals surface area contributed by atoms with Crippen molar-refractivity contribution in [2.45, 2.75) is 29.5 Å². The van der Waals surface area contributed by atoms with Crippen LogP contribution >= 0.6 is 57.9 Å². The molecule has 0 saturated heterocycles. The Morgan fingerprint density at radius 3 is 2.75 bits per heavy atom. The van der Waals surface area contributed by atoms with E-state index in [2.05, 4.69) is 15.6 Å². The van der Waals surface area contributed by atoms with E-state index >= 15 is 0 Å². The highest BCUT2D eigenvalue weighted by Crippen LogP contribution is 2.35. The maximum absolute atomic E-state index is 6.33. The maximum Gasteiger partial charge on any atom is 0.0946 e. The summed E-state index contributed by atoms with van der Waals surface area (Å²) >= 11 is 21.9. The van der Waals surface area contributed by atoms with Gasteiger partial charge in [-0.15, -0.1) is 23.1 Å². The third-order valence-electron chi connectivity index (χ3n) is 3.50. The van der Waals surface area contributed by atoms with Crippen molar-refractivity contribution >= 4 is 57.9 Å². The Kier molecular flexibility index (Phi) is 6.53. The van der Waals surface area contributed by atoms with E-state index in [-0.39, 0.29) is 0 Å². The molecule has 1 atom stereocenters. The number of nitrogens with zero attached hydrogens (tertiary/aromatic N) is 2. The first kappa shape index (κ1) is 18.2. The van der Waals surface area contributed by atoms with Gasteiger partial charge >= 0.3 is 0 Å². The van der Waals surface area contributed by atoms with Gasteiger partial charge in [0.15, 0.2) is 0 Å². The molecular weight excluding hydrogens is 403 g/mol. The van der Waals surface area contributed by atoms with E-state index in [0.717, 1.165) is 33.6 Å². The minimum absolute atomic E-state index is 0.357. The van der Waals surface area contributed by atoms with Crippen molar-refractivity contribution in [3.63, 3.8) is 0 Å². The summed E-state index contributed by atoms with van der Waals surface area (Å²) in [5.74, 6) is 0. The van der Waals surface area contributed by atoms with Gasteiger partial charge in [0, 0.05) is 39.0 Å². The highest BCUT2D eigenvalue weighted by molar-refractivity contribution is 8.00. The Morgan fingerprint density at radius 1 is 1.17 bits per heavy atom. The third kappa shape index (κ3) is 5.17. The molecule has 0 saturated carbocycles. The van der Waals surface area contributed by atoms with E-state index in [9.17, 15) is 0 Å². The van der Waals surface area contributed by atoms with Crippen LogP contribution in [0.1, 0.15) is 11.3 Å². The van der Waals surface area contributed by atoms with Crippen molar-refractivity contribution in [1.82, 2.24) is 9.55 Å². The van der Waals surface area contributed by atoms with Crippen LogP contribution in [-0.4, -0.2) is 14.8 Å². The van der Waals surface area contributed by atoms with Gasteiger partial charge in [0.1, 0.15) is 0 Å². The standard InChI is InChI=1S/C17H15Cl3N2S2/c18-12-1-5-15(19)16(9-12)23-14(10-22-8-7-21-11-22)3-2-13-4-6-17(20)24-13/h1,4-9,11,14H,2-3,10H2. The molecule has 3 rings (SSSR count). The monoisotopic (exact) mass is 416 g/mol.